The van der Waals surface area contributed by atoms with Gasteiger partial charge in [-0.25, -0.2) is 13.8 Å². The molecule has 2 heterocycles. The van der Waals surface area contributed by atoms with Gasteiger partial charge in [0.2, 0.25) is 5.91 Å². The van der Waals surface area contributed by atoms with Gasteiger partial charge in [-0.1, -0.05) is 0 Å². The summed E-state index contributed by atoms with van der Waals surface area (Å²) in [6, 6.07) is -0.385. The van der Waals surface area contributed by atoms with E-state index in [2.05, 4.69) is 4.98 Å². The third kappa shape index (κ3) is 2.62. The number of carbonyl (C=O) groups is 1. The number of amides is 1. The minimum Gasteiger partial charge on any atom is -0.340 e. The number of aromatic nitrogens is 2. The monoisotopic (exact) mass is 243 g/mol. The lowest BCUT2D eigenvalue weighted by Crippen LogP contribution is -2.45. The molecule has 0 aromatic carbocycles. The van der Waals surface area contributed by atoms with Crippen molar-refractivity contribution in [2.24, 2.45) is 0 Å². The third-order valence-electron chi connectivity index (χ3n) is 3.14. The number of likely N-dealkylation sites (tertiary alicyclic amines) is 1. The number of nitrogens with zero attached hydrogens (tertiary/aromatic N) is 3. The van der Waals surface area contributed by atoms with Crippen LogP contribution in [0.4, 0.5) is 8.78 Å². The van der Waals surface area contributed by atoms with E-state index < -0.39 is 5.92 Å². The zero-order valence-corrected chi connectivity index (χ0v) is 9.64. The van der Waals surface area contributed by atoms with Gasteiger partial charge < -0.3 is 9.47 Å². The van der Waals surface area contributed by atoms with Gasteiger partial charge in [0.1, 0.15) is 6.04 Å². The maximum atomic E-state index is 13.0. The molecule has 1 saturated heterocycles. The second kappa shape index (κ2) is 4.43. The van der Waals surface area contributed by atoms with Crippen molar-refractivity contribution in [2.75, 3.05) is 13.1 Å². The molecule has 1 fully saturated rings. The fourth-order valence-electron chi connectivity index (χ4n) is 1.94. The van der Waals surface area contributed by atoms with Crippen LogP contribution in [-0.2, 0) is 4.79 Å². The summed E-state index contributed by atoms with van der Waals surface area (Å²) in [6.07, 6.45) is 4.36. The van der Waals surface area contributed by atoms with Crippen LogP contribution in [0.1, 0.15) is 25.8 Å². The number of alkyl halides is 2. The van der Waals surface area contributed by atoms with Gasteiger partial charge in [-0.15, -0.1) is 0 Å². The first kappa shape index (κ1) is 12.0. The predicted octanol–water partition coefficient (Wildman–Crippen LogP) is 1.70. The fraction of sp³-hybridized carbons (Fsp3) is 0.636. The summed E-state index contributed by atoms with van der Waals surface area (Å²) in [5.41, 5.74) is 0. The molecule has 0 spiro atoms. The quantitative estimate of drug-likeness (QED) is 0.793. The van der Waals surface area contributed by atoms with Gasteiger partial charge in [0.15, 0.2) is 0 Å². The van der Waals surface area contributed by atoms with Crippen LogP contribution < -0.4 is 0 Å². The Morgan fingerprint density at radius 3 is 2.59 bits per heavy atom. The maximum Gasteiger partial charge on any atom is 0.251 e. The van der Waals surface area contributed by atoms with Crippen molar-refractivity contribution in [3.05, 3.63) is 18.7 Å². The van der Waals surface area contributed by atoms with Crippen LogP contribution in [0.2, 0.25) is 0 Å². The molecule has 1 atom stereocenters. The van der Waals surface area contributed by atoms with Crippen LogP contribution >= 0.6 is 0 Å². The van der Waals surface area contributed by atoms with E-state index in [1.165, 1.54) is 4.90 Å². The lowest BCUT2D eigenvalue weighted by molar-refractivity contribution is -0.140. The van der Waals surface area contributed by atoms with E-state index in [0.29, 0.717) is 0 Å². The molecule has 94 valence electrons. The van der Waals surface area contributed by atoms with Crippen molar-refractivity contribution >= 4 is 5.91 Å². The van der Waals surface area contributed by atoms with Crippen molar-refractivity contribution in [3.8, 4) is 0 Å². The van der Waals surface area contributed by atoms with Gasteiger partial charge in [-0.2, -0.15) is 0 Å². The van der Waals surface area contributed by atoms with Crippen LogP contribution in [0.3, 0.4) is 0 Å². The summed E-state index contributed by atoms with van der Waals surface area (Å²) in [5.74, 6) is -2.74. The second-order valence-corrected chi connectivity index (χ2v) is 4.37. The molecule has 0 saturated carbocycles. The smallest absolute Gasteiger partial charge is 0.251 e. The van der Waals surface area contributed by atoms with E-state index in [9.17, 15) is 13.6 Å². The molecule has 17 heavy (non-hydrogen) atoms. The number of hydrogen-bond acceptors (Lipinski definition) is 2. The van der Waals surface area contributed by atoms with Crippen molar-refractivity contribution < 1.29 is 13.6 Å². The van der Waals surface area contributed by atoms with Crippen LogP contribution in [0.15, 0.2) is 18.7 Å². The Balaban J connectivity index is 1.97. The van der Waals surface area contributed by atoms with E-state index in [4.69, 9.17) is 0 Å². The lowest BCUT2D eigenvalue weighted by atomic mass is 10.1. The maximum absolute atomic E-state index is 13.0. The van der Waals surface area contributed by atoms with E-state index in [0.717, 1.165) is 0 Å². The Morgan fingerprint density at radius 2 is 2.06 bits per heavy atom. The van der Waals surface area contributed by atoms with Gasteiger partial charge in [0.25, 0.3) is 5.92 Å². The molecular weight excluding hydrogens is 228 g/mol. The van der Waals surface area contributed by atoms with Gasteiger partial charge >= 0.3 is 0 Å². The van der Waals surface area contributed by atoms with Crippen LogP contribution in [0, 0.1) is 0 Å². The van der Waals surface area contributed by atoms with Crippen molar-refractivity contribution in [1.82, 2.24) is 14.5 Å². The summed E-state index contributed by atoms with van der Waals surface area (Å²) in [4.78, 5) is 17.4. The van der Waals surface area contributed by atoms with Gasteiger partial charge in [-0.3, -0.25) is 4.79 Å². The van der Waals surface area contributed by atoms with Crippen LogP contribution in [-0.4, -0.2) is 39.4 Å². The first-order valence-electron chi connectivity index (χ1n) is 5.64. The Hall–Kier alpha value is -1.46. The number of imidazole rings is 1. The van der Waals surface area contributed by atoms with Crippen LogP contribution in [0.5, 0.6) is 0 Å². The third-order valence-corrected chi connectivity index (χ3v) is 3.14. The molecule has 1 aromatic rings. The molecular formula is C11H15F2N3O. The van der Waals surface area contributed by atoms with Gasteiger partial charge in [0.05, 0.1) is 6.33 Å². The number of piperidine rings is 1. The highest BCUT2D eigenvalue weighted by Gasteiger charge is 2.36. The van der Waals surface area contributed by atoms with Gasteiger partial charge in [-0.05, 0) is 6.92 Å². The van der Waals surface area contributed by atoms with Crippen LogP contribution in [0.25, 0.3) is 0 Å². The molecule has 0 radical (unpaired) electrons. The molecule has 1 aromatic heterocycles. The van der Waals surface area contributed by atoms with Crippen molar-refractivity contribution in [2.45, 2.75) is 31.7 Å². The summed E-state index contributed by atoms with van der Waals surface area (Å²) in [7, 11) is 0. The second-order valence-electron chi connectivity index (χ2n) is 4.37. The molecule has 0 aliphatic carbocycles. The SMILES string of the molecule is C[C@H](C(=O)N1CCC(F)(F)CC1)n1ccnc1. The van der Waals surface area contributed by atoms with Crippen molar-refractivity contribution in [3.63, 3.8) is 0 Å². The highest BCUT2D eigenvalue weighted by Crippen LogP contribution is 2.28. The lowest BCUT2D eigenvalue weighted by Gasteiger charge is -2.33. The molecule has 1 aliphatic heterocycles. The van der Waals surface area contributed by atoms with Crippen molar-refractivity contribution in [1.29, 1.82) is 0 Å². The Labute approximate surface area is 98.2 Å². The first-order valence-corrected chi connectivity index (χ1v) is 5.64. The molecule has 2 rings (SSSR count). The van der Waals surface area contributed by atoms with E-state index >= 15 is 0 Å². The largest absolute Gasteiger partial charge is 0.340 e. The van der Waals surface area contributed by atoms with E-state index in [1.807, 2.05) is 0 Å². The Bertz CT molecular complexity index is 381. The molecule has 1 aliphatic rings. The zero-order chi connectivity index (χ0) is 12.5. The number of halogens is 2. The standard InChI is InChI=1S/C11H15F2N3O/c1-9(16-7-4-14-8-16)10(17)15-5-2-11(12,13)3-6-15/h4,7-9H,2-3,5-6H2,1H3/t9-/m1/s1. The summed E-state index contributed by atoms with van der Waals surface area (Å²) < 4.78 is 27.6. The number of rotatable bonds is 2. The normalized spacial score (nSPS) is 21.2. The molecule has 0 bridgehead atoms. The summed E-state index contributed by atoms with van der Waals surface area (Å²) >= 11 is 0. The minimum absolute atomic E-state index is 0.126. The first-order chi connectivity index (χ1) is 7.99. The molecule has 1 amide bonds. The molecule has 4 nitrogen and oxygen atoms in total. The van der Waals surface area contributed by atoms with E-state index in [1.54, 1.807) is 30.2 Å². The number of hydrogen-bond donors (Lipinski definition) is 0. The highest BCUT2D eigenvalue weighted by atomic mass is 19.3. The molecule has 0 unspecified atom stereocenters. The topological polar surface area (TPSA) is 38.1 Å². The Morgan fingerprint density at radius 1 is 1.41 bits per heavy atom. The fourth-order valence-corrected chi connectivity index (χ4v) is 1.94. The van der Waals surface area contributed by atoms with E-state index in [-0.39, 0.29) is 37.9 Å². The number of carbonyl (C=O) groups excluding carboxylic acids is 1. The Kier molecular flexibility index (Phi) is 3.13. The molecule has 6 heteroatoms. The zero-order valence-electron chi connectivity index (χ0n) is 9.64. The highest BCUT2D eigenvalue weighted by molar-refractivity contribution is 5.80. The minimum atomic E-state index is -2.62. The average Bonchev–Trinajstić information content (AvgIpc) is 2.80. The average molecular weight is 243 g/mol. The summed E-state index contributed by atoms with van der Waals surface area (Å²) in [5, 5.41) is 0. The molecule has 0 N–H and O–H groups in total. The summed E-state index contributed by atoms with van der Waals surface area (Å²) in [6.45, 7) is 2.01. The van der Waals surface area contributed by atoms with Gasteiger partial charge in [0, 0.05) is 38.3 Å². The predicted molar refractivity (Wildman–Crippen MR) is 57.7 cm³/mol.